The number of fused-ring (bicyclic) bond motifs is 2. The molecule has 36 heavy (non-hydrogen) atoms. The summed E-state index contributed by atoms with van der Waals surface area (Å²) in [5.74, 6) is -1.27. The zero-order valence-corrected chi connectivity index (χ0v) is 19.6. The first-order valence-electron chi connectivity index (χ1n) is 10.7. The number of benzene rings is 3. The van der Waals surface area contributed by atoms with Crippen LogP contribution in [0.4, 0.5) is 11.4 Å². The first-order valence-corrected chi connectivity index (χ1v) is 12.2. The number of ether oxygens (including phenoxy) is 2. The van der Waals surface area contributed by atoms with Crippen LogP contribution in [0.2, 0.25) is 0 Å². The van der Waals surface area contributed by atoms with Gasteiger partial charge in [-0.2, -0.15) is 8.42 Å². The molecule has 0 bridgehead atoms. The Bertz CT molecular complexity index is 1450. The number of carbonyl (C=O) groups is 2. The third-order valence-electron chi connectivity index (χ3n) is 5.28. The molecule has 1 heterocycles. The van der Waals surface area contributed by atoms with Crippen molar-refractivity contribution in [2.45, 2.75) is 17.7 Å². The van der Waals surface area contributed by atoms with E-state index in [1.54, 1.807) is 24.3 Å². The summed E-state index contributed by atoms with van der Waals surface area (Å²) in [6.45, 7) is 0.224. The Hall–Kier alpha value is -4.42. The molecule has 0 saturated carbocycles. The van der Waals surface area contributed by atoms with Crippen LogP contribution >= 0.6 is 0 Å². The summed E-state index contributed by atoms with van der Waals surface area (Å²) in [5, 5.41) is 12.7. The fraction of sp³-hybridized carbons (Fsp3) is 0.125. The van der Waals surface area contributed by atoms with Crippen molar-refractivity contribution in [3.63, 3.8) is 0 Å². The molecule has 0 fully saturated rings. The minimum atomic E-state index is -4.36. The van der Waals surface area contributed by atoms with E-state index < -0.39 is 22.0 Å². The van der Waals surface area contributed by atoms with Crippen molar-refractivity contribution in [3.05, 3.63) is 77.4 Å². The second-order valence-corrected chi connectivity index (χ2v) is 9.26. The first kappa shape index (κ1) is 24.7. The van der Waals surface area contributed by atoms with E-state index in [2.05, 4.69) is 10.6 Å². The summed E-state index contributed by atoms with van der Waals surface area (Å²) < 4.78 is 43.0. The van der Waals surface area contributed by atoms with E-state index in [-0.39, 0.29) is 40.2 Å². The standard InChI is InChI=1S/C24H22N4O7S/c25-24(26)28-16-8-11-18-14(13-16)3-2-12-34-21-19(4-1-5-20(21)35-23(18)30)22(29)27-15-6-9-17(10-7-15)36(31,32)33/h1,4-11,13H,2-3,12H2,(H,27,29)(H4,25,26,28)(H,31,32,33). The van der Waals surface area contributed by atoms with Crippen molar-refractivity contribution in [1.82, 2.24) is 0 Å². The lowest BCUT2D eigenvalue weighted by Crippen LogP contribution is -2.21. The van der Waals surface area contributed by atoms with Gasteiger partial charge in [-0.25, -0.2) is 4.79 Å². The van der Waals surface area contributed by atoms with E-state index in [0.717, 1.165) is 12.1 Å². The van der Waals surface area contributed by atoms with E-state index in [0.29, 0.717) is 29.7 Å². The lowest BCUT2D eigenvalue weighted by molar-refractivity contribution is 0.0723. The Morgan fingerprint density at radius 3 is 2.44 bits per heavy atom. The van der Waals surface area contributed by atoms with E-state index in [1.807, 2.05) is 0 Å². The molecule has 186 valence electrons. The Kier molecular flexibility index (Phi) is 6.90. The molecule has 0 radical (unpaired) electrons. The predicted octanol–water partition coefficient (Wildman–Crippen LogP) is 3.04. The Morgan fingerprint density at radius 1 is 1.03 bits per heavy atom. The highest BCUT2D eigenvalue weighted by Crippen LogP contribution is 2.34. The number of para-hydroxylation sites is 1. The van der Waals surface area contributed by atoms with Crippen LogP contribution in [0.15, 0.2) is 65.6 Å². The molecule has 0 unspecified atom stereocenters. The normalized spacial score (nSPS) is 13.3. The number of guanidine groups is 1. The van der Waals surface area contributed by atoms with Gasteiger partial charge >= 0.3 is 5.97 Å². The molecule has 0 aliphatic carbocycles. The number of nitrogens with one attached hydrogen (secondary N) is 3. The van der Waals surface area contributed by atoms with Crippen LogP contribution < -0.4 is 25.8 Å². The average Bonchev–Trinajstić information content (AvgIpc) is 2.81. The van der Waals surface area contributed by atoms with Crippen LogP contribution in [0.3, 0.4) is 0 Å². The monoisotopic (exact) mass is 510 g/mol. The summed E-state index contributed by atoms with van der Waals surface area (Å²) in [6.07, 6.45) is 0.998. The molecule has 12 heteroatoms. The SMILES string of the molecule is N=C(N)Nc1ccc2c(c1)CCCOc1c(cccc1C(=O)Nc1ccc(S(=O)(=O)O)cc1)OC2=O. The quantitative estimate of drug-likeness (QED) is 0.116. The summed E-state index contributed by atoms with van der Waals surface area (Å²) in [5.41, 5.74) is 7.38. The molecule has 3 aromatic rings. The van der Waals surface area contributed by atoms with Gasteiger partial charge in [-0.1, -0.05) is 6.07 Å². The summed E-state index contributed by atoms with van der Waals surface area (Å²) in [6, 6.07) is 14.4. The topological polar surface area (TPSA) is 181 Å². The summed E-state index contributed by atoms with van der Waals surface area (Å²) in [7, 11) is -4.36. The number of rotatable bonds is 4. The molecule has 11 nitrogen and oxygen atoms in total. The van der Waals surface area contributed by atoms with Gasteiger partial charge < -0.3 is 25.8 Å². The van der Waals surface area contributed by atoms with Crippen LogP contribution in [0.25, 0.3) is 0 Å². The maximum Gasteiger partial charge on any atom is 0.343 e. The molecule has 0 aromatic heterocycles. The fourth-order valence-corrected chi connectivity index (χ4v) is 4.14. The molecular formula is C24H22N4O7S. The molecule has 6 N–H and O–H groups in total. The minimum absolute atomic E-state index is 0.0631. The lowest BCUT2D eigenvalue weighted by Gasteiger charge is -2.19. The smallest absolute Gasteiger partial charge is 0.343 e. The van der Waals surface area contributed by atoms with Gasteiger partial charge in [-0.3, -0.25) is 14.8 Å². The predicted molar refractivity (Wildman–Crippen MR) is 131 cm³/mol. The van der Waals surface area contributed by atoms with Crippen molar-refractivity contribution < 1.29 is 32.0 Å². The molecule has 3 aromatic carbocycles. The minimum Gasteiger partial charge on any atom is -0.489 e. The number of hydrogen-bond donors (Lipinski definition) is 5. The Balaban J connectivity index is 1.60. The lowest BCUT2D eigenvalue weighted by atomic mass is 10.0. The van der Waals surface area contributed by atoms with E-state index in [1.165, 1.54) is 24.3 Å². The van der Waals surface area contributed by atoms with E-state index in [9.17, 15) is 18.0 Å². The highest BCUT2D eigenvalue weighted by Gasteiger charge is 2.23. The first-order chi connectivity index (χ1) is 17.1. The number of carbonyl (C=O) groups excluding carboxylic acids is 2. The average molecular weight is 511 g/mol. The molecule has 0 atom stereocenters. The van der Waals surface area contributed by atoms with Gasteiger partial charge in [0.1, 0.15) is 0 Å². The molecule has 1 amide bonds. The van der Waals surface area contributed by atoms with Gasteiger partial charge in [-0.05, 0) is 73.0 Å². The number of anilines is 2. The van der Waals surface area contributed by atoms with E-state index in [4.69, 9.17) is 25.2 Å². The third kappa shape index (κ3) is 5.62. The van der Waals surface area contributed by atoms with Crippen LogP contribution in [-0.2, 0) is 16.5 Å². The molecule has 1 aliphatic heterocycles. The third-order valence-corrected chi connectivity index (χ3v) is 6.15. The van der Waals surface area contributed by atoms with Gasteiger partial charge in [0.25, 0.3) is 16.0 Å². The highest BCUT2D eigenvalue weighted by molar-refractivity contribution is 7.85. The number of aryl methyl sites for hydroxylation is 1. The van der Waals surface area contributed by atoms with Crippen molar-refractivity contribution in [2.75, 3.05) is 17.2 Å². The Labute approximate surface area is 206 Å². The second kappa shape index (κ2) is 10.1. The van der Waals surface area contributed by atoms with E-state index >= 15 is 0 Å². The van der Waals surface area contributed by atoms with Gasteiger partial charge in [0.15, 0.2) is 17.5 Å². The molecular weight excluding hydrogens is 488 g/mol. The van der Waals surface area contributed by atoms with Crippen molar-refractivity contribution in [1.29, 1.82) is 5.41 Å². The molecule has 0 spiro atoms. The molecule has 4 rings (SSSR count). The van der Waals surface area contributed by atoms with Crippen LogP contribution in [0.5, 0.6) is 11.5 Å². The van der Waals surface area contributed by atoms with Gasteiger partial charge in [0.2, 0.25) is 0 Å². The van der Waals surface area contributed by atoms with Crippen molar-refractivity contribution >= 4 is 39.3 Å². The van der Waals surface area contributed by atoms with Gasteiger partial charge in [0, 0.05) is 11.4 Å². The zero-order valence-electron chi connectivity index (χ0n) is 18.8. The number of hydrogen-bond acceptors (Lipinski definition) is 7. The fourth-order valence-electron chi connectivity index (χ4n) is 3.66. The number of esters is 1. The molecule has 1 aliphatic rings. The Morgan fingerprint density at radius 2 is 1.75 bits per heavy atom. The van der Waals surface area contributed by atoms with Gasteiger partial charge in [-0.15, -0.1) is 0 Å². The van der Waals surface area contributed by atoms with Crippen molar-refractivity contribution in [2.24, 2.45) is 5.73 Å². The summed E-state index contributed by atoms with van der Waals surface area (Å²) in [4.78, 5) is 25.7. The number of amides is 1. The van der Waals surface area contributed by atoms with Crippen LogP contribution in [-0.4, -0.2) is 37.4 Å². The maximum absolute atomic E-state index is 13.0. The maximum atomic E-state index is 13.0. The molecule has 0 saturated heterocycles. The summed E-state index contributed by atoms with van der Waals surface area (Å²) >= 11 is 0. The van der Waals surface area contributed by atoms with Gasteiger partial charge in [0.05, 0.1) is 22.6 Å². The largest absolute Gasteiger partial charge is 0.489 e. The highest BCUT2D eigenvalue weighted by atomic mass is 32.2. The second-order valence-electron chi connectivity index (χ2n) is 7.84. The van der Waals surface area contributed by atoms with Crippen LogP contribution in [0.1, 0.15) is 32.7 Å². The zero-order chi connectivity index (χ0) is 25.9. The number of nitrogens with two attached hydrogens (primary N) is 1. The van der Waals surface area contributed by atoms with Crippen LogP contribution in [0, 0.1) is 5.41 Å². The van der Waals surface area contributed by atoms with Crippen molar-refractivity contribution in [3.8, 4) is 11.5 Å².